The number of carboxylic acids is 1. The van der Waals surface area contributed by atoms with E-state index in [1.54, 1.807) is 7.11 Å². The average Bonchev–Trinajstić information content (AvgIpc) is 2.68. The summed E-state index contributed by atoms with van der Waals surface area (Å²) in [4.78, 5) is 10.6. The van der Waals surface area contributed by atoms with Gasteiger partial charge in [0.2, 0.25) is 0 Å². The van der Waals surface area contributed by atoms with Gasteiger partial charge >= 0.3 is 5.97 Å². The number of methoxy groups -OCH3 is 1. The third-order valence-electron chi connectivity index (χ3n) is 2.15. The maximum Gasteiger partial charge on any atom is 0.358 e. The van der Waals surface area contributed by atoms with Crippen LogP contribution in [0.4, 0.5) is 8.78 Å². The quantitative estimate of drug-likeness (QED) is 0.738. The SMILES string of the molecule is COCCCCn1nnc(C(=O)O)c1C(F)F. The van der Waals surface area contributed by atoms with Crippen LogP contribution in [0.25, 0.3) is 0 Å². The molecule has 1 N–H and O–H groups in total. The highest BCUT2D eigenvalue weighted by Crippen LogP contribution is 2.21. The molecule has 1 aromatic heterocycles. The van der Waals surface area contributed by atoms with Crippen molar-refractivity contribution in [3.8, 4) is 0 Å². The number of halogens is 2. The molecule has 96 valence electrons. The van der Waals surface area contributed by atoms with Crippen LogP contribution < -0.4 is 0 Å². The maximum absolute atomic E-state index is 12.7. The molecule has 1 rings (SSSR count). The summed E-state index contributed by atoms with van der Waals surface area (Å²) in [5.74, 6) is -1.50. The van der Waals surface area contributed by atoms with Gasteiger partial charge in [0.1, 0.15) is 5.69 Å². The second-order valence-corrected chi connectivity index (χ2v) is 3.35. The van der Waals surface area contributed by atoms with Crippen LogP contribution in [0.5, 0.6) is 0 Å². The van der Waals surface area contributed by atoms with Gasteiger partial charge in [0, 0.05) is 20.3 Å². The first-order valence-electron chi connectivity index (χ1n) is 5.01. The van der Waals surface area contributed by atoms with E-state index in [9.17, 15) is 13.6 Å². The fourth-order valence-electron chi connectivity index (χ4n) is 1.36. The molecule has 0 aliphatic rings. The zero-order chi connectivity index (χ0) is 12.8. The van der Waals surface area contributed by atoms with Crippen molar-refractivity contribution >= 4 is 5.97 Å². The smallest absolute Gasteiger partial charge is 0.358 e. The summed E-state index contributed by atoms with van der Waals surface area (Å²) < 4.78 is 31.1. The highest BCUT2D eigenvalue weighted by atomic mass is 19.3. The summed E-state index contributed by atoms with van der Waals surface area (Å²) in [5, 5.41) is 15.3. The number of unbranched alkanes of at least 4 members (excludes halogenated alkanes) is 1. The molecule has 6 nitrogen and oxygen atoms in total. The molecule has 0 fully saturated rings. The standard InChI is InChI=1S/C9H13F2N3O3/c1-17-5-3-2-4-14-7(8(10)11)6(9(15)16)12-13-14/h8H,2-5H2,1H3,(H,15,16). The van der Waals surface area contributed by atoms with Crippen LogP contribution in [0.3, 0.4) is 0 Å². The van der Waals surface area contributed by atoms with Gasteiger partial charge in [-0.25, -0.2) is 18.3 Å². The van der Waals surface area contributed by atoms with E-state index in [1.165, 1.54) is 0 Å². The Morgan fingerprint density at radius 2 is 2.24 bits per heavy atom. The minimum atomic E-state index is -2.90. The number of nitrogens with zero attached hydrogens (tertiary/aromatic N) is 3. The molecule has 0 spiro atoms. The predicted molar refractivity (Wildman–Crippen MR) is 53.0 cm³/mol. The van der Waals surface area contributed by atoms with Gasteiger partial charge in [-0.2, -0.15) is 0 Å². The summed E-state index contributed by atoms with van der Waals surface area (Å²) in [6, 6.07) is 0. The molecule has 0 atom stereocenters. The van der Waals surface area contributed by atoms with Crippen molar-refractivity contribution in [2.45, 2.75) is 25.8 Å². The van der Waals surface area contributed by atoms with Crippen LogP contribution in [0.15, 0.2) is 0 Å². The van der Waals surface area contributed by atoms with E-state index in [-0.39, 0.29) is 6.54 Å². The minimum Gasteiger partial charge on any atom is -0.476 e. The summed E-state index contributed by atoms with van der Waals surface area (Å²) in [5.41, 5.74) is -1.33. The van der Waals surface area contributed by atoms with Crippen molar-refractivity contribution in [3.63, 3.8) is 0 Å². The van der Waals surface area contributed by atoms with E-state index >= 15 is 0 Å². The summed E-state index contributed by atoms with van der Waals surface area (Å²) in [7, 11) is 1.54. The Morgan fingerprint density at radius 3 is 2.76 bits per heavy atom. The number of aryl methyl sites for hydroxylation is 1. The zero-order valence-corrected chi connectivity index (χ0v) is 9.27. The van der Waals surface area contributed by atoms with Crippen LogP contribution in [0, 0.1) is 0 Å². The molecular formula is C9H13F2N3O3. The molecule has 0 saturated heterocycles. The lowest BCUT2D eigenvalue weighted by atomic mass is 10.3. The Morgan fingerprint density at radius 1 is 1.53 bits per heavy atom. The second kappa shape index (κ2) is 6.24. The number of aromatic carboxylic acids is 1. The molecule has 0 amide bonds. The molecule has 1 aromatic rings. The Bertz CT molecular complexity index is 382. The summed E-state index contributed by atoms with van der Waals surface area (Å²) in [6.07, 6.45) is -1.66. The van der Waals surface area contributed by atoms with Gasteiger partial charge in [-0.05, 0) is 12.8 Å². The average molecular weight is 249 g/mol. The molecule has 0 aliphatic heterocycles. The summed E-state index contributed by atoms with van der Waals surface area (Å²) in [6.45, 7) is 0.716. The van der Waals surface area contributed by atoms with Crippen LogP contribution in [0.2, 0.25) is 0 Å². The molecule has 0 aliphatic carbocycles. The van der Waals surface area contributed by atoms with E-state index in [1.807, 2.05) is 0 Å². The Balaban J connectivity index is 2.74. The van der Waals surface area contributed by atoms with Gasteiger partial charge < -0.3 is 9.84 Å². The Kier molecular flexibility index (Phi) is 4.95. The lowest BCUT2D eigenvalue weighted by Crippen LogP contribution is -2.09. The van der Waals surface area contributed by atoms with Gasteiger partial charge in [-0.15, -0.1) is 5.10 Å². The predicted octanol–water partition coefficient (Wildman–Crippen LogP) is 1.34. The first-order valence-corrected chi connectivity index (χ1v) is 5.01. The van der Waals surface area contributed by atoms with Crippen molar-refractivity contribution in [1.82, 2.24) is 15.0 Å². The number of hydrogen-bond acceptors (Lipinski definition) is 4. The number of carboxylic acid groups (broad SMARTS) is 1. The van der Waals surface area contributed by atoms with Crippen LogP contribution in [0.1, 0.15) is 35.4 Å². The molecule has 0 radical (unpaired) electrons. The van der Waals surface area contributed by atoms with Crippen molar-refractivity contribution in [3.05, 3.63) is 11.4 Å². The first kappa shape index (κ1) is 13.5. The highest BCUT2D eigenvalue weighted by Gasteiger charge is 2.25. The van der Waals surface area contributed by atoms with Crippen molar-refractivity contribution in [2.24, 2.45) is 0 Å². The van der Waals surface area contributed by atoms with Gasteiger partial charge in [0.15, 0.2) is 5.69 Å². The molecule has 0 unspecified atom stereocenters. The Labute approximate surface area is 96.2 Å². The fraction of sp³-hybridized carbons (Fsp3) is 0.667. The van der Waals surface area contributed by atoms with E-state index in [2.05, 4.69) is 10.3 Å². The lowest BCUT2D eigenvalue weighted by molar-refractivity contribution is 0.0675. The van der Waals surface area contributed by atoms with Gasteiger partial charge in [0.05, 0.1) is 0 Å². The largest absolute Gasteiger partial charge is 0.476 e. The van der Waals surface area contributed by atoms with Crippen molar-refractivity contribution in [1.29, 1.82) is 0 Å². The minimum absolute atomic E-state index is 0.198. The third kappa shape index (κ3) is 3.45. The van der Waals surface area contributed by atoms with Crippen LogP contribution in [-0.4, -0.2) is 39.8 Å². The number of alkyl halides is 2. The molecule has 0 aromatic carbocycles. The molecule has 1 heterocycles. The summed E-state index contributed by atoms with van der Waals surface area (Å²) >= 11 is 0. The second-order valence-electron chi connectivity index (χ2n) is 3.35. The maximum atomic E-state index is 12.7. The Hall–Kier alpha value is -1.57. The van der Waals surface area contributed by atoms with E-state index in [0.29, 0.717) is 19.4 Å². The first-order chi connectivity index (χ1) is 8.07. The number of carbonyl (C=O) groups is 1. The van der Waals surface area contributed by atoms with Crippen molar-refractivity contribution < 1.29 is 23.4 Å². The molecule has 8 heteroatoms. The zero-order valence-electron chi connectivity index (χ0n) is 9.27. The van der Waals surface area contributed by atoms with E-state index in [4.69, 9.17) is 9.84 Å². The highest BCUT2D eigenvalue weighted by molar-refractivity contribution is 5.86. The van der Waals surface area contributed by atoms with E-state index < -0.39 is 23.8 Å². The third-order valence-corrected chi connectivity index (χ3v) is 2.15. The van der Waals surface area contributed by atoms with Crippen molar-refractivity contribution in [2.75, 3.05) is 13.7 Å². The number of hydrogen-bond donors (Lipinski definition) is 1. The fourth-order valence-corrected chi connectivity index (χ4v) is 1.36. The van der Waals surface area contributed by atoms with Crippen LogP contribution >= 0.6 is 0 Å². The topological polar surface area (TPSA) is 77.2 Å². The normalized spacial score (nSPS) is 11.1. The molecule has 17 heavy (non-hydrogen) atoms. The number of aromatic nitrogens is 3. The number of ether oxygens (including phenoxy) is 1. The number of rotatable bonds is 7. The molecule has 0 bridgehead atoms. The van der Waals surface area contributed by atoms with Gasteiger partial charge in [-0.3, -0.25) is 0 Å². The molecule has 0 saturated carbocycles. The lowest BCUT2D eigenvalue weighted by Gasteiger charge is -2.05. The monoisotopic (exact) mass is 249 g/mol. The van der Waals surface area contributed by atoms with Gasteiger partial charge in [-0.1, -0.05) is 5.21 Å². The van der Waals surface area contributed by atoms with Gasteiger partial charge in [0.25, 0.3) is 6.43 Å². The van der Waals surface area contributed by atoms with E-state index in [0.717, 1.165) is 4.68 Å². The van der Waals surface area contributed by atoms with Crippen LogP contribution in [-0.2, 0) is 11.3 Å². The molecular weight excluding hydrogens is 236 g/mol.